The summed E-state index contributed by atoms with van der Waals surface area (Å²) in [6.07, 6.45) is 3.39. The van der Waals surface area contributed by atoms with Crippen molar-refractivity contribution in [3.63, 3.8) is 0 Å². The largest absolute Gasteiger partial charge is 0.396 e. The molecule has 5 heterocycles. The van der Waals surface area contributed by atoms with Crippen LogP contribution in [0.3, 0.4) is 0 Å². The molecule has 0 saturated carbocycles. The minimum atomic E-state index is -0.679. The quantitative estimate of drug-likeness (QED) is 0.358. The summed E-state index contributed by atoms with van der Waals surface area (Å²) in [7, 11) is 0. The van der Waals surface area contributed by atoms with Crippen LogP contribution >= 0.6 is 0 Å². The molecule has 10 nitrogen and oxygen atoms in total. The Hall–Kier alpha value is -3.15. The van der Waals surface area contributed by atoms with Crippen molar-refractivity contribution in [1.29, 1.82) is 0 Å². The van der Waals surface area contributed by atoms with Crippen LogP contribution in [0.4, 0.5) is 10.3 Å². The van der Waals surface area contributed by atoms with Gasteiger partial charge in [-0.1, -0.05) is 0 Å². The third-order valence-corrected chi connectivity index (χ3v) is 6.89. The zero-order valence-corrected chi connectivity index (χ0v) is 18.5. The second-order valence-electron chi connectivity index (χ2n) is 9.11. The number of hydrogen-bond donors (Lipinski definition) is 4. The Morgan fingerprint density at radius 3 is 2.91 bits per heavy atom. The minimum Gasteiger partial charge on any atom is -0.396 e. The first kappa shape index (κ1) is 21.4. The van der Waals surface area contributed by atoms with Crippen molar-refractivity contribution in [3.05, 3.63) is 30.1 Å². The van der Waals surface area contributed by atoms with Crippen molar-refractivity contribution in [2.75, 3.05) is 37.8 Å². The number of aromatic amines is 2. The van der Waals surface area contributed by atoms with Crippen molar-refractivity contribution < 1.29 is 19.3 Å². The van der Waals surface area contributed by atoms with E-state index >= 15 is 4.39 Å². The topological polar surface area (TPSA) is 136 Å². The van der Waals surface area contributed by atoms with Crippen LogP contribution in [-0.4, -0.2) is 79.1 Å². The third kappa shape index (κ3) is 3.69. The van der Waals surface area contributed by atoms with Crippen LogP contribution in [0.15, 0.2) is 18.5 Å². The number of nitrogens with one attached hydrogen (secondary N) is 2. The van der Waals surface area contributed by atoms with Crippen LogP contribution in [0.25, 0.3) is 33.5 Å². The minimum absolute atomic E-state index is 0.0576. The lowest BCUT2D eigenvalue weighted by Crippen LogP contribution is -2.45. The molecule has 178 valence electrons. The normalized spacial score (nSPS) is 23.7. The van der Waals surface area contributed by atoms with Gasteiger partial charge >= 0.3 is 0 Å². The summed E-state index contributed by atoms with van der Waals surface area (Å²) in [5.74, 6) is 0.684. The van der Waals surface area contributed by atoms with Gasteiger partial charge in [0, 0.05) is 43.7 Å². The second-order valence-corrected chi connectivity index (χ2v) is 9.11. The van der Waals surface area contributed by atoms with Gasteiger partial charge in [-0.15, -0.1) is 0 Å². The van der Waals surface area contributed by atoms with Crippen LogP contribution < -0.4 is 4.90 Å². The van der Waals surface area contributed by atoms with Gasteiger partial charge in [-0.2, -0.15) is 4.98 Å². The predicted molar refractivity (Wildman–Crippen MR) is 123 cm³/mol. The molecule has 0 spiro atoms. The molecular weight excluding hydrogens is 441 g/mol. The highest BCUT2D eigenvalue weighted by Gasteiger charge is 2.29. The molecule has 0 bridgehead atoms. The van der Waals surface area contributed by atoms with Crippen molar-refractivity contribution in [1.82, 2.24) is 29.9 Å². The number of aliphatic hydroxyl groups excluding tert-OH is 2. The Kier molecular flexibility index (Phi) is 5.39. The molecule has 2 aliphatic rings. The molecular formula is C23H26FN7O3. The van der Waals surface area contributed by atoms with E-state index in [2.05, 4.69) is 24.9 Å². The fourth-order valence-corrected chi connectivity index (χ4v) is 4.93. The molecule has 6 rings (SSSR count). The zero-order chi connectivity index (χ0) is 23.2. The number of aromatic nitrogens is 6. The summed E-state index contributed by atoms with van der Waals surface area (Å²) >= 11 is 0. The fourth-order valence-electron chi connectivity index (χ4n) is 4.93. The van der Waals surface area contributed by atoms with E-state index in [1.165, 1.54) is 12.4 Å². The molecule has 3 atom stereocenters. The molecule has 2 fully saturated rings. The average molecular weight is 468 g/mol. The summed E-state index contributed by atoms with van der Waals surface area (Å²) in [5, 5.41) is 19.8. The molecule has 0 unspecified atom stereocenters. The number of benzene rings is 1. The van der Waals surface area contributed by atoms with Crippen LogP contribution in [-0.2, 0) is 4.74 Å². The van der Waals surface area contributed by atoms with Gasteiger partial charge in [0.2, 0.25) is 5.95 Å². The van der Waals surface area contributed by atoms with E-state index in [0.29, 0.717) is 65.5 Å². The summed E-state index contributed by atoms with van der Waals surface area (Å²) in [5.41, 5.74) is 3.06. The van der Waals surface area contributed by atoms with Crippen molar-refractivity contribution in [2.45, 2.75) is 31.3 Å². The van der Waals surface area contributed by atoms with E-state index in [-0.39, 0.29) is 18.4 Å². The lowest BCUT2D eigenvalue weighted by Gasteiger charge is -2.35. The highest BCUT2D eigenvalue weighted by Crippen LogP contribution is 2.32. The Balaban J connectivity index is 1.41. The van der Waals surface area contributed by atoms with Gasteiger partial charge in [-0.3, -0.25) is 0 Å². The number of halogens is 1. The molecule has 0 amide bonds. The predicted octanol–water partition coefficient (Wildman–Crippen LogP) is 2.11. The van der Waals surface area contributed by atoms with Crippen LogP contribution in [0.2, 0.25) is 0 Å². The molecule has 3 aromatic heterocycles. The Morgan fingerprint density at radius 1 is 1.21 bits per heavy atom. The van der Waals surface area contributed by atoms with E-state index in [0.717, 1.165) is 25.3 Å². The lowest BCUT2D eigenvalue weighted by atomic mass is 9.95. The molecule has 34 heavy (non-hydrogen) atoms. The number of H-pyrrole nitrogens is 2. The monoisotopic (exact) mass is 467 g/mol. The van der Waals surface area contributed by atoms with Crippen LogP contribution in [0, 0.1) is 11.7 Å². The molecule has 2 aliphatic heterocycles. The first-order valence-corrected chi connectivity index (χ1v) is 11.6. The standard InChI is InChI=1S/C23H26FN7O3/c24-15-6-14(7-16-19(15)28-21(27-16)13-2-1-5-34-10-13)18-20-22(26-11-25-20)30-23(29-18)31-4-3-12(9-32)17(33)8-31/h6-7,11-13,17,32-33H,1-5,8-10H2,(H,27,28)(H,25,26,29,30)/t12-,13-,17+/m1/s1. The van der Waals surface area contributed by atoms with Gasteiger partial charge in [0.1, 0.15) is 22.6 Å². The van der Waals surface area contributed by atoms with E-state index in [4.69, 9.17) is 9.72 Å². The number of anilines is 1. The summed E-state index contributed by atoms with van der Waals surface area (Å²) in [6.45, 7) is 2.18. The highest BCUT2D eigenvalue weighted by molar-refractivity contribution is 5.91. The molecule has 2 saturated heterocycles. The number of imidazole rings is 2. The molecule has 4 N–H and O–H groups in total. The lowest BCUT2D eigenvalue weighted by molar-refractivity contribution is 0.0544. The Labute approximate surface area is 194 Å². The average Bonchev–Trinajstić information content (AvgIpc) is 3.51. The molecule has 4 aromatic rings. The maximum absolute atomic E-state index is 15.2. The van der Waals surface area contributed by atoms with Gasteiger partial charge in [-0.25, -0.2) is 19.3 Å². The van der Waals surface area contributed by atoms with Crippen LogP contribution in [0.5, 0.6) is 0 Å². The van der Waals surface area contributed by atoms with E-state index in [1.807, 2.05) is 11.0 Å². The molecule has 0 aliphatic carbocycles. The van der Waals surface area contributed by atoms with E-state index in [1.54, 1.807) is 0 Å². The van der Waals surface area contributed by atoms with Gasteiger partial charge in [0.15, 0.2) is 11.5 Å². The number of nitrogens with zero attached hydrogens (tertiary/aromatic N) is 5. The Morgan fingerprint density at radius 2 is 2.12 bits per heavy atom. The molecule has 1 aromatic carbocycles. The highest BCUT2D eigenvalue weighted by atomic mass is 19.1. The number of β-amino-alcohol motifs (C(OH)–C–C–N with tert-alkyl or cyclic N) is 1. The smallest absolute Gasteiger partial charge is 0.228 e. The summed E-state index contributed by atoms with van der Waals surface area (Å²) in [4.78, 5) is 26.3. The SMILES string of the molecule is OC[C@H]1CCN(c2nc(-c3cc(F)c4nc([C@@H]5CCCOC5)[nH]c4c3)c3[nH]cnc3n2)C[C@@H]1O. The number of aliphatic hydroxyl groups is 2. The number of fused-ring (bicyclic) bond motifs is 2. The van der Waals surface area contributed by atoms with Crippen molar-refractivity contribution in [2.24, 2.45) is 5.92 Å². The fraction of sp³-hybridized carbons (Fsp3) is 0.478. The maximum atomic E-state index is 15.2. The third-order valence-electron chi connectivity index (χ3n) is 6.89. The summed E-state index contributed by atoms with van der Waals surface area (Å²) in [6, 6.07) is 3.28. The van der Waals surface area contributed by atoms with Crippen LogP contribution in [0.1, 0.15) is 31.0 Å². The first-order chi connectivity index (χ1) is 16.6. The van der Waals surface area contributed by atoms with Gasteiger partial charge < -0.3 is 29.8 Å². The first-order valence-electron chi connectivity index (χ1n) is 11.6. The maximum Gasteiger partial charge on any atom is 0.228 e. The Bertz CT molecular complexity index is 1330. The number of hydrogen-bond acceptors (Lipinski definition) is 8. The van der Waals surface area contributed by atoms with Gasteiger partial charge in [0.25, 0.3) is 0 Å². The number of piperidine rings is 1. The number of rotatable bonds is 4. The van der Waals surface area contributed by atoms with E-state index < -0.39 is 11.9 Å². The van der Waals surface area contributed by atoms with Gasteiger partial charge in [-0.05, 0) is 31.4 Å². The molecule has 11 heteroatoms. The zero-order valence-electron chi connectivity index (χ0n) is 18.5. The second kappa shape index (κ2) is 8.57. The number of ether oxygens (including phenoxy) is 1. The summed E-state index contributed by atoms with van der Waals surface area (Å²) < 4.78 is 20.7. The van der Waals surface area contributed by atoms with Crippen molar-refractivity contribution >= 4 is 28.1 Å². The molecule has 0 radical (unpaired) electrons. The van der Waals surface area contributed by atoms with E-state index in [9.17, 15) is 10.2 Å². The van der Waals surface area contributed by atoms with Gasteiger partial charge in [0.05, 0.1) is 24.6 Å². The van der Waals surface area contributed by atoms with Crippen molar-refractivity contribution in [3.8, 4) is 11.3 Å².